The maximum absolute atomic E-state index is 12.3. The largest absolute Gasteiger partial charge is 0.497 e. The first kappa shape index (κ1) is 14.2. The number of rotatable bonds is 4. The summed E-state index contributed by atoms with van der Waals surface area (Å²) >= 11 is 0. The van der Waals surface area contributed by atoms with Crippen molar-refractivity contribution in [2.45, 2.75) is 31.3 Å². The molecule has 5 nitrogen and oxygen atoms in total. The SMILES string of the molecule is COc1ccc(N2CCNC(C(=O)NC3CCC3)C2)cc1. The highest BCUT2D eigenvalue weighted by Gasteiger charge is 2.28. The number of hydrogen-bond acceptors (Lipinski definition) is 4. The van der Waals surface area contributed by atoms with Crippen molar-refractivity contribution in [1.29, 1.82) is 0 Å². The van der Waals surface area contributed by atoms with Crippen LogP contribution in [0.3, 0.4) is 0 Å². The lowest BCUT2D eigenvalue weighted by Crippen LogP contribution is -2.59. The van der Waals surface area contributed by atoms with Crippen molar-refractivity contribution in [3.63, 3.8) is 0 Å². The van der Waals surface area contributed by atoms with Crippen LogP contribution in [0.25, 0.3) is 0 Å². The number of anilines is 1. The van der Waals surface area contributed by atoms with Gasteiger partial charge in [-0.3, -0.25) is 4.79 Å². The lowest BCUT2D eigenvalue weighted by atomic mass is 9.93. The predicted octanol–water partition coefficient (Wildman–Crippen LogP) is 1.14. The van der Waals surface area contributed by atoms with Crippen LogP contribution < -0.4 is 20.3 Å². The van der Waals surface area contributed by atoms with Crippen molar-refractivity contribution in [1.82, 2.24) is 10.6 Å². The Labute approximate surface area is 125 Å². The molecule has 1 heterocycles. The molecule has 2 N–H and O–H groups in total. The number of ether oxygens (including phenoxy) is 1. The summed E-state index contributed by atoms with van der Waals surface area (Å²) in [7, 11) is 1.67. The second-order valence-electron chi connectivity index (χ2n) is 5.79. The van der Waals surface area contributed by atoms with E-state index in [1.807, 2.05) is 24.3 Å². The van der Waals surface area contributed by atoms with E-state index in [2.05, 4.69) is 15.5 Å². The van der Waals surface area contributed by atoms with Gasteiger partial charge in [0.2, 0.25) is 5.91 Å². The van der Waals surface area contributed by atoms with E-state index in [1.54, 1.807) is 7.11 Å². The summed E-state index contributed by atoms with van der Waals surface area (Å²) in [5.74, 6) is 0.992. The lowest BCUT2D eigenvalue weighted by Gasteiger charge is -2.36. The maximum Gasteiger partial charge on any atom is 0.239 e. The first-order valence-electron chi connectivity index (χ1n) is 7.69. The lowest BCUT2D eigenvalue weighted by molar-refractivity contribution is -0.124. The van der Waals surface area contributed by atoms with Gasteiger partial charge in [0, 0.05) is 31.4 Å². The average molecular weight is 289 g/mol. The monoisotopic (exact) mass is 289 g/mol. The second kappa shape index (κ2) is 6.35. The highest BCUT2D eigenvalue weighted by atomic mass is 16.5. The number of carbonyl (C=O) groups excluding carboxylic acids is 1. The minimum Gasteiger partial charge on any atom is -0.497 e. The third kappa shape index (κ3) is 3.29. The van der Waals surface area contributed by atoms with Crippen LogP contribution in [0.5, 0.6) is 5.75 Å². The van der Waals surface area contributed by atoms with Crippen LogP contribution in [-0.4, -0.2) is 44.7 Å². The van der Waals surface area contributed by atoms with Gasteiger partial charge in [0.25, 0.3) is 0 Å². The van der Waals surface area contributed by atoms with Crippen LogP contribution in [0, 0.1) is 0 Å². The summed E-state index contributed by atoms with van der Waals surface area (Å²) in [6.45, 7) is 2.46. The van der Waals surface area contributed by atoms with E-state index in [0.717, 1.165) is 37.4 Å². The summed E-state index contributed by atoms with van der Waals surface area (Å²) in [6.07, 6.45) is 3.49. The zero-order valence-electron chi connectivity index (χ0n) is 12.5. The molecule has 1 aliphatic heterocycles. The molecule has 0 spiro atoms. The van der Waals surface area contributed by atoms with Crippen LogP contribution >= 0.6 is 0 Å². The van der Waals surface area contributed by atoms with Gasteiger partial charge >= 0.3 is 0 Å². The first-order chi connectivity index (χ1) is 10.3. The molecule has 1 saturated heterocycles. The number of methoxy groups -OCH3 is 1. The zero-order valence-corrected chi connectivity index (χ0v) is 12.5. The summed E-state index contributed by atoms with van der Waals surface area (Å²) < 4.78 is 5.18. The minimum absolute atomic E-state index is 0.124. The minimum atomic E-state index is -0.124. The molecule has 1 amide bonds. The van der Waals surface area contributed by atoms with Gasteiger partial charge in [0.15, 0.2) is 0 Å². The molecule has 5 heteroatoms. The third-order valence-corrected chi connectivity index (χ3v) is 4.38. The highest BCUT2D eigenvalue weighted by molar-refractivity contribution is 5.83. The summed E-state index contributed by atoms with van der Waals surface area (Å²) in [6, 6.07) is 8.29. The van der Waals surface area contributed by atoms with E-state index in [0.29, 0.717) is 12.6 Å². The average Bonchev–Trinajstić information content (AvgIpc) is 2.51. The molecule has 114 valence electrons. The highest BCUT2D eigenvalue weighted by Crippen LogP contribution is 2.21. The fraction of sp³-hybridized carbons (Fsp3) is 0.562. The maximum atomic E-state index is 12.3. The van der Waals surface area contributed by atoms with Crippen LogP contribution in [0.15, 0.2) is 24.3 Å². The Hall–Kier alpha value is -1.75. The molecular formula is C16H23N3O2. The number of carbonyl (C=O) groups is 1. The van der Waals surface area contributed by atoms with E-state index >= 15 is 0 Å². The zero-order chi connectivity index (χ0) is 14.7. The Morgan fingerprint density at radius 3 is 2.71 bits per heavy atom. The summed E-state index contributed by atoms with van der Waals surface area (Å²) in [5.41, 5.74) is 1.14. The molecule has 2 aliphatic rings. The molecular weight excluding hydrogens is 266 g/mol. The Balaban J connectivity index is 1.60. The van der Waals surface area contributed by atoms with E-state index in [-0.39, 0.29) is 11.9 Å². The van der Waals surface area contributed by atoms with Crippen LogP contribution in [0.2, 0.25) is 0 Å². The topological polar surface area (TPSA) is 53.6 Å². The summed E-state index contributed by atoms with van der Waals surface area (Å²) in [5, 5.41) is 6.44. The fourth-order valence-corrected chi connectivity index (χ4v) is 2.81. The Morgan fingerprint density at radius 1 is 1.33 bits per heavy atom. The normalized spacial score (nSPS) is 22.5. The number of nitrogens with zero attached hydrogens (tertiary/aromatic N) is 1. The van der Waals surface area contributed by atoms with Crippen molar-refractivity contribution < 1.29 is 9.53 Å². The van der Waals surface area contributed by atoms with Crippen molar-refractivity contribution in [3.8, 4) is 5.75 Å². The van der Waals surface area contributed by atoms with E-state index in [4.69, 9.17) is 4.74 Å². The Morgan fingerprint density at radius 2 is 2.10 bits per heavy atom. The van der Waals surface area contributed by atoms with E-state index in [9.17, 15) is 4.79 Å². The number of benzene rings is 1. The smallest absolute Gasteiger partial charge is 0.239 e. The molecule has 1 aromatic rings. The quantitative estimate of drug-likeness (QED) is 0.873. The van der Waals surface area contributed by atoms with E-state index < -0.39 is 0 Å². The van der Waals surface area contributed by atoms with Crippen molar-refractivity contribution >= 4 is 11.6 Å². The van der Waals surface area contributed by atoms with Gasteiger partial charge in [-0.15, -0.1) is 0 Å². The molecule has 1 unspecified atom stereocenters. The molecule has 0 radical (unpaired) electrons. The van der Waals surface area contributed by atoms with Gasteiger partial charge in [-0.05, 0) is 43.5 Å². The molecule has 1 aliphatic carbocycles. The molecule has 21 heavy (non-hydrogen) atoms. The molecule has 1 atom stereocenters. The summed E-state index contributed by atoms with van der Waals surface area (Å²) in [4.78, 5) is 14.5. The fourth-order valence-electron chi connectivity index (χ4n) is 2.81. The second-order valence-corrected chi connectivity index (χ2v) is 5.79. The van der Waals surface area contributed by atoms with Gasteiger partial charge in [-0.25, -0.2) is 0 Å². The van der Waals surface area contributed by atoms with Crippen molar-refractivity contribution in [3.05, 3.63) is 24.3 Å². The van der Waals surface area contributed by atoms with Gasteiger partial charge in [0.1, 0.15) is 11.8 Å². The van der Waals surface area contributed by atoms with Gasteiger partial charge in [-0.1, -0.05) is 0 Å². The van der Waals surface area contributed by atoms with Crippen LogP contribution in [0.1, 0.15) is 19.3 Å². The number of piperazine rings is 1. The van der Waals surface area contributed by atoms with Crippen LogP contribution in [-0.2, 0) is 4.79 Å². The van der Waals surface area contributed by atoms with Gasteiger partial charge < -0.3 is 20.3 Å². The number of nitrogens with one attached hydrogen (secondary N) is 2. The Kier molecular flexibility index (Phi) is 4.29. The molecule has 3 rings (SSSR count). The Bertz CT molecular complexity index is 485. The van der Waals surface area contributed by atoms with Gasteiger partial charge in [0.05, 0.1) is 7.11 Å². The van der Waals surface area contributed by atoms with E-state index in [1.165, 1.54) is 6.42 Å². The number of amides is 1. The van der Waals surface area contributed by atoms with Crippen LogP contribution in [0.4, 0.5) is 5.69 Å². The number of hydrogen-bond donors (Lipinski definition) is 2. The van der Waals surface area contributed by atoms with Gasteiger partial charge in [-0.2, -0.15) is 0 Å². The first-order valence-corrected chi connectivity index (χ1v) is 7.69. The molecule has 0 bridgehead atoms. The molecule has 1 saturated carbocycles. The predicted molar refractivity (Wildman–Crippen MR) is 82.8 cm³/mol. The molecule has 1 aromatic carbocycles. The molecule has 0 aromatic heterocycles. The molecule has 2 fully saturated rings. The van der Waals surface area contributed by atoms with Crippen molar-refractivity contribution in [2.75, 3.05) is 31.6 Å². The van der Waals surface area contributed by atoms with Crippen molar-refractivity contribution in [2.24, 2.45) is 0 Å². The standard InChI is InChI=1S/C16H23N3O2/c1-21-14-7-5-13(6-8-14)19-10-9-17-15(11-19)16(20)18-12-3-2-4-12/h5-8,12,15,17H,2-4,9-11H2,1H3,(H,18,20). The third-order valence-electron chi connectivity index (χ3n) is 4.38.